The summed E-state index contributed by atoms with van der Waals surface area (Å²) < 4.78 is 33.8. The second-order valence-electron chi connectivity index (χ2n) is 8.59. The van der Waals surface area contributed by atoms with Crippen LogP contribution in [0, 0.1) is 0 Å². The van der Waals surface area contributed by atoms with Crippen LogP contribution in [0.1, 0.15) is 61.6 Å². The van der Waals surface area contributed by atoms with E-state index in [9.17, 15) is 13.2 Å². The molecule has 30 heavy (non-hydrogen) atoms. The van der Waals surface area contributed by atoms with Gasteiger partial charge in [0.05, 0.1) is 13.2 Å². The van der Waals surface area contributed by atoms with Gasteiger partial charge < -0.3 is 9.64 Å². The minimum atomic E-state index is -3.86. The van der Waals surface area contributed by atoms with Crippen molar-refractivity contribution in [3.63, 3.8) is 0 Å². The lowest BCUT2D eigenvalue weighted by atomic mass is 9.90. The van der Waals surface area contributed by atoms with E-state index in [2.05, 4.69) is 23.8 Å². The minimum Gasteiger partial charge on any atom is -0.495 e. The summed E-state index contributed by atoms with van der Waals surface area (Å²) in [5, 5.41) is 0. The number of amides is 1. The summed E-state index contributed by atoms with van der Waals surface area (Å²) in [5.41, 5.74) is 2.10. The Hall–Kier alpha value is -2.38. The molecule has 3 rings (SSSR count). The number of nitrogens with zero attached hydrogens (tertiary/aromatic N) is 1. The van der Waals surface area contributed by atoms with Crippen molar-refractivity contribution < 1.29 is 17.9 Å². The fourth-order valence-corrected chi connectivity index (χ4v) is 5.59. The lowest BCUT2D eigenvalue weighted by Gasteiger charge is -2.37. The first-order valence-electron chi connectivity index (χ1n) is 10.2. The highest BCUT2D eigenvalue weighted by Gasteiger charge is 2.32. The van der Waals surface area contributed by atoms with E-state index >= 15 is 0 Å². The van der Waals surface area contributed by atoms with Crippen LogP contribution in [0.25, 0.3) is 0 Å². The second kappa shape index (κ2) is 8.40. The van der Waals surface area contributed by atoms with Crippen LogP contribution in [-0.2, 0) is 16.4 Å². The molecule has 1 N–H and O–H groups in total. The highest BCUT2D eigenvalue weighted by Crippen LogP contribution is 2.34. The Bertz CT molecular complexity index is 1040. The third kappa shape index (κ3) is 4.52. The first-order chi connectivity index (χ1) is 14.1. The molecule has 2 aromatic rings. The fraction of sp³-hybridized carbons (Fsp3) is 0.435. The predicted molar refractivity (Wildman–Crippen MR) is 117 cm³/mol. The van der Waals surface area contributed by atoms with Gasteiger partial charge in [-0.2, -0.15) is 0 Å². The van der Waals surface area contributed by atoms with Crippen molar-refractivity contribution in [3.05, 3.63) is 59.2 Å². The Morgan fingerprint density at radius 2 is 1.90 bits per heavy atom. The van der Waals surface area contributed by atoms with Gasteiger partial charge in [-0.25, -0.2) is 13.1 Å². The monoisotopic (exact) mass is 430 g/mol. The second-order valence-corrected chi connectivity index (χ2v) is 10.2. The van der Waals surface area contributed by atoms with Crippen molar-refractivity contribution in [1.29, 1.82) is 0 Å². The summed E-state index contributed by atoms with van der Waals surface area (Å²) in [5.74, 6) is 0.0329. The van der Waals surface area contributed by atoms with Gasteiger partial charge in [-0.15, -0.1) is 0 Å². The molecule has 0 saturated heterocycles. The molecule has 1 aliphatic heterocycles. The molecule has 1 unspecified atom stereocenters. The van der Waals surface area contributed by atoms with Gasteiger partial charge >= 0.3 is 0 Å². The molecule has 0 aliphatic carbocycles. The molecule has 1 amide bonds. The van der Waals surface area contributed by atoms with Gasteiger partial charge in [-0.1, -0.05) is 31.2 Å². The maximum absolute atomic E-state index is 13.4. The fourth-order valence-electron chi connectivity index (χ4n) is 3.98. The maximum Gasteiger partial charge on any atom is 0.254 e. The Morgan fingerprint density at radius 3 is 2.53 bits per heavy atom. The third-order valence-electron chi connectivity index (χ3n) is 5.20. The summed E-state index contributed by atoms with van der Waals surface area (Å²) in [7, 11) is -2.44. The first-order valence-corrected chi connectivity index (χ1v) is 11.7. The molecule has 1 aliphatic rings. The van der Waals surface area contributed by atoms with Crippen LogP contribution >= 0.6 is 0 Å². The summed E-state index contributed by atoms with van der Waals surface area (Å²) in [6.45, 7) is 7.96. The number of carbonyl (C=O) groups is 1. The van der Waals surface area contributed by atoms with Crippen LogP contribution in [0.4, 0.5) is 0 Å². The van der Waals surface area contributed by atoms with Gasteiger partial charge in [0.25, 0.3) is 5.91 Å². The Kier molecular flexibility index (Phi) is 6.24. The predicted octanol–water partition coefficient (Wildman–Crippen LogP) is 3.92. The maximum atomic E-state index is 13.4. The number of rotatable bonds is 5. The zero-order valence-electron chi connectivity index (χ0n) is 18.2. The topological polar surface area (TPSA) is 75.7 Å². The highest BCUT2D eigenvalue weighted by molar-refractivity contribution is 7.89. The van der Waals surface area contributed by atoms with Gasteiger partial charge in [0.2, 0.25) is 10.0 Å². The van der Waals surface area contributed by atoms with Crippen molar-refractivity contribution in [3.8, 4) is 5.75 Å². The van der Waals surface area contributed by atoms with Gasteiger partial charge in [-0.3, -0.25) is 4.79 Å². The summed E-state index contributed by atoms with van der Waals surface area (Å²) >= 11 is 0. The van der Waals surface area contributed by atoms with E-state index in [0.717, 1.165) is 18.4 Å². The number of fused-ring (bicyclic) bond motifs is 1. The zero-order valence-corrected chi connectivity index (χ0v) is 19.0. The number of carbonyl (C=O) groups excluding carboxylic acids is 1. The number of benzene rings is 2. The van der Waals surface area contributed by atoms with Crippen molar-refractivity contribution in [2.45, 2.75) is 57.0 Å². The molecule has 0 saturated carbocycles. The molecule has 1 atom stereocenters. The molecular weight excluding hydrogens is 400 g/mol. The van der Waals surface area contributed by atoms with Crippen LogP contribution in [0.2, 0.25) is 0 Å². The Morgan fingerprint density at radius 1 is 1.20 bits per heavy atom. The zero-order chi connectivity index (χ0) is 22.1. The summed E-state index contributed by atoms with van der Waals surface area (Å²) in [4.78, 5) is 15.2. The summed E-state index contributed by atoms with van der Waals surface area (Å²) in [6.07, 6.45) is 1.57. The molecule has 7 heteroatoms. The van der Waals surface area contributed by atoms with Gasteiger partial charge in [0.15, 0.2) is 0 Å². The van der Waals surface area contributed by atoms with Crippen molar-refractivity contribution >= 4 is 15.9 Å². The SMILES string of the molecule is CCC1c2ccccc2CCN1C(=O)c1ccc(OC)c(S(=O)(=O)NC(C)(C)C)c1. The number of hydrogen-bond donors (Lipinski definition) is 1. The van der Waals surface area contributed by atoms with E-state index in [0.29, 0.717) is 12.1 Å². The van der Waals surface area contributed by atoms with E-state index < -0.39 is 15.6 Å². The van der Waals surface area contributed by atoms with E-state index in [1.54, 1.807) is 32.9 Å². The average Bonchev–Trinajstić information content (AvgIpc) is 2.70. The molecule has 0 aromatic heterocycles. The van der Waals surface area contributed by atoms with E-state index in [1.165, 1.54) is 18.7 Å². The van der Waals surface area contributed by atoms with Gasteiger partial charge in [0.1, 0.15) is 10.6 Å². The summed E-state index contributed by atoms with van der Waals surface area (Å²) in [6, 6.07) is 12.8. The molecule has 0 radical (unpaired) electrons. The van der Waals surface area contributed by atoms with Crippen LogP contribution in [0.15, 0.2) is 47.4 Å². The molecule has 162 valence electrons. The highest BCUT2D eigenvalue weighted by atomic mass is 32.2. The standard InChI is InChI=1S/C23H30N2O4S/c1-6-19-18-10-8-7-9-16(18)13-14-25(19)22(26)17-11-12-20(29-5)21(15-17)30(27,28)24-23(2,3)4/h7-12,15,19,24H,6,13-14H2,1-5H3. The van der Waals surface area contributed by atoms with E-state index in [-0.39, 0.29) is 22.6 Å². The molecular formula is C23H30N2O4S. The molecule has 1 heterocycles. The molecule has 0 bridgehead atoms. The molecule has 2 aromatic carbocycles. The van der Waals surface area contributed by atoms with Crippen LogP contribution in [-0.4, -0.2) is 38.4 Å². The lowest BCUT2D eigenvalue weighted by Crippen LogP contribution is -2.41. The van der Waals surface area contributed by atoms with Gasteiger partial charge in [-0.05, 0) is 62.9 Å². The number of nitrogens with one attached hydrogen (secondary N) is 1. The van der Waals surface area contributed by atoms with E-state index in [4.69, 9.17) is 4.74 Å². The molecule has 6 nitrogen and oxygen atoms in total. The number of ether oxygens (including phenoxy) is 1. The third-order valence-corrected chi connectivity index (χ3v) is 6.98. The molecule has 0 spiro atoms. The van der Waals surface area contributed by atoms with Crippen LogP contribution in [0.5, 0.6) is 5.75 Å². The number of methoxy groups -OCH3 is 1. The smallest absolute Gasteiger partial charge is 0.254 e. The van der Waals surface area contributed by atoms with Crippen molar-refractivity contribution in [2.24, 2.45) is 0 Å². The number of hydrogen-bond acceptors (Lipinski definition) is 4. The number of sulfonamides is 1. The van der Waals surface area contributed by atoms with E-state index in [1.807, 2.05) is 17.0 Å². The average molecular weight is 431 g/mol. The van der Waals surface area contributed by atoms with Crippen LogP contribution in [0.3, 0.4) is 0 Å². The van der Waals surface area contributed by atoms with Crippen molar-refractivity contribution in [2.75, 3.05) is 13.7 Å². The normalized spacial score (nSPS) is 16.8. The Labute approximate surface area is 179 Å². The van der Waals surface area contributed by atoms with Gasteiger partial charge in [0, 0.05) is 17.6 Å². The first kappa shape index (κ1) is 22.3. The largest absolute Gasteiger partial charge is 0.495 e. The van der Waals surface area contributed by atoms with Crippen molar-refractivity contribution in [1.82, 2.24) is 9.62 Å². The Balaban J connectivity index is 1.99. The minimum absolute atomic E-state index is 0.0303. The quantitative estimate of drug-likeness (QED) is 0.780. The van der Waals surface area contributed by atoms with Crippen LogP contribution < -0.4 is 9.46 Å². The lowest BCUT2D eigenvalue weighted by molar-refractivity contribution is 0.0655. The molecule has 0 fully saturated rings.